The fourth-order valence-corrected chi connectivity index (χ4v) is 3.24. The minimum Gasteiger partial charge on any atom is -0.362 e. The van der Waals surface area contributed by atoms with Crippen LogP contribution in [0.2, 0.25) is 0 Å². The van der Waals surface area contributed by atoms with E-state index < -0.39 is 0 Å². The number of nitrogens with zero attached hydrogens (tertiary/aromatic N) is 3. The average molecular weight is 336 g/mol. The highest BCUT2D eigenvalue weighted by Crippen LogP contribution is 2.25. The summed E-state index contributed by atoms with van der Waals surface area (Å²) in [5.41, 5.74) is 0.954. The van der Waals surface area contributed by atoms with E-state index in [-0.39, 0.29) is 0 Å². The van der Waals surface area contributed by atoms with Crippen molar-refractivity contribution in [1.82, 2.24) is 15.3 Å². The van der Waals surface area contributed by atoms with Gasteiger partial charge in [-0.3, -0.25) is 0 Å². The Morgan fingerprint density at radius 2 is 1.96 bits per heavy atom. The lowest BCUT2D eigenvalue weighted by atomic mass is 9.92. The van der Waals surface area contributed by atoms with Gasteiger partial charge in [0.2, 0.25) is 5.95 Å². The average Bonchev–Trinajstić information content (AvgIpc) is 2.43. The Labute approximate surface area is 145 Å². The highest BCUT2D eigenvalue weighted by atomic mass is 32.1. The van der Waals surface area contributed by atoms with Crippen molar-refractivity contribution < 1.29 is 0 Å². The number of rotatable bonds is 4. The normalized spacial score (nSPS) is 21.4. The molecule has 1 aliphatic heterocycles. The Bertz CT molecular complexity index is 536. The van der Waals surface area contributed by atoms with Crippen LogP contribution in [0.25, 0.3) is 0 Å². The second-order valence-corrected chi connectivity index (χ2v) is 7.68. The summed E-state index contributed by atoms with van der Waals surface area (Å²) in [7, 11) is 0. The first-order chi connectivity index (χ1) is 10.8. The number of piperidine rings is 1. The van der Waals surface area contributed by atoms with E-state index >= 15 is 0 Å². The highest BCUT2D eigenvalue weighted by molar-refractivity contribution is 7.80. The summed E-state index contributed by atoms with van der Waals surface area (Å²) >= 11 is 5.32. The third-order valence-corrected chi connectivity index (χ3v) is 4.18. The number of aryl methyl sites for hydroxylation is 1. The highest BCUT2D eigenvalue weighted by Gasteiger charge is 2.23. The van der Waals surface area contributed by atoms with Crippen LogP contribution in [0.1, 0.15) is 39.8 Å². The third kappa shape index (κ3) is 5.61. The van der Waals surface area contributed by atoms with Crippen LogP contribution in [-0.4, -0.2) is 34.7 Å². The molecule has 0 radical (unpaired) electrons. The molecule has 128 valence electrons. The summed E-state index contributed by atoms with van der Waals surface area (Å²) in [5, 5.41) is 6.88. The van der Waals surface area contributed by atoms with Gasteiger partial charge in [0.15, 0.2) is 5.11 Å². The van der Waals surface area contributed by atoms with Crippen LogP contribution in [0, 0.1) is 24.7 Å². The number of anilines is 2. The van der Waals surface area contributed by atoms with E-state index in [1.807, 2.05) is 6.92 Å². The first kappa shape index (κ1) is 17.9. The van der Waals surface area contributed by atoms with Gasteiger partial charge in [-0.2, -0.15) is 4.98 Å². The second kappa shape index (κ2) is 7.90. The van der Waals surface area contributed by atoms with Crippen molar-refractivity contribution in [2.75, 3.05) is 29.9 Å². The fraction of sp³-hybridized carbons (Fsp3) is 0.706. The maximum atomic E-state index is 5.32. The van der Waals surface area contributed by atoms with E-state index in [2.05, 4.69) is 59.3 Å². The SMILES string of the molecule is Cc1cc(N2CC(C)CC(C)C2)nc(NC(=S)NCC(C)C)n1. The van der Waals surface area contributed by atoms with E-state index in [0.717, 1.165) is 31.1 Å². The molecule has 23 heavy (non-hydrogen) atoms. The van der Waals surface area contributed by atoms with Gasteiger partial charge in [0.1, 0.15) is 5.82 Å². The summed E-state index contributed by atoms with van der Waals surface area (Å²) in [6, 6.07) is 2.06. The molecule has 1 aromatic heterocycles. The van der Waals surface area contributed by atoms with E-state index in [9.17, 15) is 0 Å². The molecule has 1 aliphatic rings. The summed E-state index contributed by atoms with van der Waals surface area (Å²) in [5.74, 6) is 3.50. The first-order valence-electron chi connectivity index (χ1n) is 8.49. The molecule has 0 amide bonds. The van der Waals surface area contributed by atoms with Crippen LogP contribution in [-0.2, 0) is 0 Å². The Hall–Kier alpha value is -1.43. The lowest BCUT2D eigenvalue weighted by molar-refractivity contribution is 0.355. The summed E-state index contributed by atoms with van der Waals surface area (Å²) in [4.78, 5) is 11.5. The van der Waals surface area contributed by atoms with Crippen molar-refractivity contribution in [3.05, 3.63) is 11.8 Å². The maximum absolute atomic E-state index is 5.32. The molecule has 0 saturated carbocycles. The Morgan fingerprint density at radius 1 is 1.30 bits per heavy atom. The topological polar surface area (TPSA) is 53.1 Å². The zero-order chi connectivity index (χ0) is 17.0. The van der Waals surface area contributed by atoms with Gasteiger partial charge < -0.3 is 15.5 Å². The van der Waals surface area contributed by atoms with Gasteiger partial charge in [0.25, 0.3) is 0 Å². The monoisotopic (exact) mass is 335 g/mol. The van der Waals surface area contributed by atoms with Crippen molar-refractivity contribution in [3.8, 4) is 0 Å². The molecule has 6 heteroatoms. The minimum atomic E-state index is 0.542. The number of nitrogens with one attached hydrogen (secondary N) is 2. The molecule has 2 atom stereocenters. The Morgan fingerprint density at radius 3 is 2.57 bits per heavy atom. The van der Waals surface area contributed by atoms with E-state index in [1.54, 1.807) is 0 Å². The predicted molar refractivity (Wildman–Crippen MR) is 101 cm³/mol. The van der Waals surface area contributed by atoms with Gasteiger partial charge in [-0.05, 0) is 43.3 Å². The van der Waals surface area contributed by atoms with Crippen LogP contribution in [0.5, 0.6) is 0 Å². The molecular weight excluding hydrogens is 306 g/mol. The van der Waals surface area contributed by atoms with Crippen LogP contribution < -0.4 is 15.5 Å². The standard InChI is InChI=1S/C17H29N5S/c1-11(2)8-18-17(23)21-16-19-14(5)7-15(20-16)22-9-12(3)6-13(4)10-22/h7,11-13H,6,8-10H2,1-5H3,(H2,18,19,20,21,23). The summed E-state index contributed by atoms with van der Waals surface area (Å²) < 4.78 is 0. The van der Waals surface area contributed by atoms with E-state index in [0.29, 0.717) is 28.8 Å². The molecule has 0 spiro atoms. The molecule has 5 nitrogen and oxygen atoms in total. The minimum absolute atomic E-state index is 0.542. The molecule has 0 aliphatic carbocycles. The van der Waals surface area contributed by atoms with Crippen LogP contribution >= 0.6 is 12.2 Å². The summed E-state index contributed by atoms with van der Waals surface area (Å²) in [6.07, 6.45) is 1.29. The second-order valence-electron chi connectivity index (χ2n) is 7.27. The Kier molecular flexibility index (Phi) is 6.16. The first-order valence-corrected chi connectivity index (χ1v) is 8.89. The van der Waals surface area contributed by atoms with E-state index in [1.165, 1.54) is 6.42 Å². The number of hydrogen-bond acceptors (Lipinski definition) is 4. The zero-order valence-corrected chi connectivity index (χ0v) is 15.7. The predicted octanol–water partition coefficient (Wildman–Crippen LogP) is 3.21. The smallest absolute Gasteiger partial charge is 0.231 e. The molecule has 1 aromatic rings. The fourth-order valence-electron chi connectivity index (χ4n) is 3.06. The van der Waals surface area contributed by atoms with Crippen molar-refractivity contribution in [2.45, 2.75) is 41.0 Å². The molecular formula is C17H29N5S. The largest absolute Gasteiger partial charge is 0.362 e. The number of aromatic nitrogens is 2. The maximum Gasteiger partial charge on any atom is 0.231 e. The lowest BCUT2D eigenvalue weighted by Crippen LogP contribution is -2.39. The van der Waals surface area contributed by atoms with Gasteiger partial charge in [-0.1, -0.05) is 27.7 Å². The third-order valence-electron chi connectivity index (χ3n) is 3.93. The molecule has 2 N–H and O–H groups in total. The Balaban J connectivity index is 2.08. The van der Waals surface area contributed by atoms with Crippen LogP contribution in [0.3, 0.4) is 0 Å². The summed E-state index contributed by atoms with van der Waals surface area (Å²) in [6.45, 7) is 13.8. The van der Waals surface area contributed by atoms with Gasteiger partial charge in [-0.15, -0.1) is 0 Å². The molecule has 1 fully saturated rings. The molecule has 1 saturated heterocycles. The number of thiocarbonyl (C=S) groups is 1. The van der Waals surface area contributed by atoms with Crippen molar-refractivity contribution in [3.63, 3.8) is 0 Å². The van der Waals surface area contributed by atoms with Gasteiger partial charge in [0.05, 0.1) is 0 Å². The van der Waals surface area contributed by atoms with Gasteiger partial charge in [-0.25, -0.2) is 4.98 Å². The molecule has 2 unspecified atom stereocenters. The van der Waals surface area contributed by atoms with Crippen molar-refractivity contribution in [1.29, 1.82) is 0 Å². The van der Waals surface area contributed by atoms with Crippen LogP contribution in [0.15, 0.2) is 6.07 Å². The van der Waals surface area contributed by atoms with Crippen molar-refractivity contribution in [2.24, 2.45) is 17.8 Å². The van der Waals surface area contributed by atoms with Crippen molar-refractivity contribution >= 4 is 29.1 Å². The van der Waals surface area contributed by atoms with E-state index in [4.69, 9.17) is 12.2 Å². The molecule has 0 bridgehead atoms. The van der Waals surface area contributed by atoms with Crippen LogP contribution in [0.4, 0.5) is 11.8 Å². The molecule has 2 rings (SSSR count). The zero-order valence-electron chi connectivity index (χ0n) is 14.9. The molecule has 0 aromatic carbocycles. The lowest BCUT2D eigenvalue weighted by Gasteiger charge is -2.36. The quantitative estimate of drug-likeness (QED) is 0.824. The van der Waals surface area contributed by atoms with Gasteiger partial charge >= 0.3 is 0 Å². The van der Waals surface area contributed by atoms with Gasteiger partial charge in [0, 0.05) is 31.4 Å². The number of hydrogen-bond donors (Lipinski definition) is 2. The molecule has 2 heterocycles.